The quantitative estimate of drug-likeness (QED) is 0.816. The number of carbonyl (C=O) groups is 2. The van der Waals surface area contributed by atoms with Gasteiger partial charge in [-0.15, -0.1) is 0 Å². The van der Waals surface area contributed by atoms with Crippen LogP contribution in [0.25, 0.3) is 0 Å². The average molecular weight is 290 g/mol. The molecule has 0 aromatic heterocycles. The summed E-state index contributed by atoms with van der Waals surface area (Å²) < 4.78 is 4.67. The molecule has 1 saturated heterocycles. The van der Waals surface area contributed by atoms with Gasteiger partial charge in [-0.2, -0.15) is 0 Å². The third kappa shape index (κ3) is 4.86. The van der Waals surface area contributed by atoms with Gasteiger partial charge in [-0.3, -0.25) is 4.79 Å². The Morgan fingerprint density at radius 3 is 2.81 bits per heavy atom. The van der Waals surface area contributed by atoms with E-state index in [2.05, 4.69) is 15.4 Å². The highest BCUT2D eigenvalue weighted by molar-refractivity contribution is 5.94. The van der Waals surface area contributed by atoms with Crippen molar-refractivity contribution in [3.05, 3.63) is 29.8 Å². The molecular weight excluding hydrogens is 268 g/mol. The molecule has 114 valence electrons. The maximum Gasteiger partial charge on any atom is 0.337 e. The monoisotopic (exact) mass is 290 g/mol. The van der Waals surface area contributed by atoms with Crippen molar-refractivity contribution < 1.29 is 14.3 Å². The van der Waals surface area contributed by atoms with Crippen molar-refractivity contribution in [2.45, 2.75) is 25.7 Å². The van der Waals surface area contributed by atoms with Gasteiger partial charge in [0.1, 0.15) is 0 Å². The first-order chi connectivity index (χ1) is 10.2. The Bertz CT molecular complexity index is 496. The van der Waals surface area contributed by atoms with Crippen LogP contribution in [0, 0.1) is 5.92 Å². The summed E-state index contributed by atoms with van der Waals surface area (Å²) in [6, 6.07) is 6.80. The van der Waals surface area contributed by atoms with E-state index in [-0.39, 0.29) is 5.91 Å². The lowest BCUT2D eigenvalue weighted by Gasteiger charge is -2.22. The SMILES string of the molecule is COC(=O)c1cccc(NC(=O)CCC2CCNCC2)c1. The van der Waals surface area contributed by atoms with Gasteiger partial charge >= 0.3 is 5.97 Å². The summed E-state index contributed by atoms with van der Waals surface area (Å²) in [5.74, 6) is 0.231. The van der Waals surface area contributed by atoms with Gasteiger partial charge in [0, 0.05) is 12.1 Å². The number of rotatable bonds is 5. The van der Waals surface area contributed by atoms with Crippen LogP contribution in [0.4, 0.5) is 5.69 Å². The predicted molar refractivity (Wildman–Crippen MR) is 81.2 cm³/mol. The van der Waals surface area contributed by atoms with Gasteiger partial charge in [0.2, 0.25) is 5.91 Å². The van der Waals surface area contributed by atoms with E-state index in [1.165, 1.54) is 7.11 Å². The number of benzene rings is 1. The van der Waals surface area contributed by atoms with E-state index in [9.17, 15) is 9.59 Å². The molecule has 21 heavy (non-hydrogen) atoms. The van der Waals surface area contributed by atoms with E-state index in [0.717, 1.165) is 32.4 Å². The van der Waals surface area contributed by atoms with Gasteiger partial charge in [0.25, 0.3) is 0 Å². The third-order valence-electron chi connectivity index (χ3n) is 3.81. The van der Waals surface area contributed by atoms with Crippen LogP contribution in [0.1, 0.15) is 36.0 Å². The molecule has 0 saturated carbocycles. The van der Waals surface area contributed by atoms with Crippen molar-refractivity contribution in [2.75, 3.05) is 25.5 Å². The number of nitrogens with one attached hydrogen (secondary N) is 2. The van der Waals surface area contributed by atoms with E-state index < -0.39 is 5.97 Å². The zero-order valence-corrected chi connectivity index (χ0v) is 12.4. The number of esters is 1. The smallest absolute Gasteiger partial charge is 0.337 e. The number of carbonyl (C=O) groups excluding carboxylic acids is 2. The summed E-state index contributed by atoms with van der Waals surface area (Å²) in [6.07, 6.45) is 3.73. The number of piperidine rings is 1. The molecule has 1 aromatic carbocycles. The number of methoxy groups -OCH3 is 1. The lowest BCUT2D eigenvalue weighted by Crippen LogP contribution is -2.28. The Morgan fingerprint density at radius 1 is 1.33 bits per heavy atom. The van der Waals surface area contributed by atoms with Crippen LogP contribution < -0.4 is 10.6 Å². The molecule has 2 rings (SSSR count). The van der Waals surface area contributed by atoms with Crippen LogP contribution in [0.15, 0.2) is 24.3 Å². The molecule has 1 fully saturated rings. The predicted octanol–water partition coefficient (Wildman–Crippen LogP) is 2.19. The highest BCUT2D eigenvalue weighted by atomic mass is 16.5. The molecule has 0 bridgehead atoms. The van der Waals surface area contributed by atoms with E-state index in [0.29, 0.717) is 23.6 Å². The molecule has 0 atom stereocenters. The minimum absolute atomic E-state index is 0.00412. The Labute approximate surface area is 125 Å². The first-order valence-corrected chi connectivity index (χ1v) is 7.38. The summed E-state index contributed by atoms with van der Waals surface area (Å²) in [5, 5.41) is 6.16. The lowest BCUT2D eigenvalue weighted by molar-refractivity contribution is -0.116. The van der Waals surface area contributed by atoms with E-state index in [1.807, 2.05) is 0 Å². The maximum absolute atomic E-state index is 12.0. The van der Waals surface area contributed by atoms with Gasteiger partial charge in [-0.1, -0.05) is 6.07 Å². The van der Waals surface area contributed by atoms with Crippen molar-refractivity contribution in [1.29, 1.82) is 0 Å². The molecule has 0 aliphatic carbocycles. The van der Waals surface area contributed by atoms with Crippen molar-refractivity contribution in [3.8, 4) is 0 Å². The van der Waals surface area contributed by atoms with Crippen LogP contribution in [0.2, 0.25) is 0 Å². The van der Waals surface area contributed by atoms with Crippen molar-refractivity contribution in [1.82, 2.24) is 5.32 Å². The topological polar surface area (TPSA) is 67.4 Å². The zero-order valence-electron chi connectivity index (χ0n) is 12.4. The Hall–Kier alpha value is -1.88. The fraction of sp³-hybridized carbons (Fsp3) is 0.500. The molecule has 1 aliphatic rings. The Balaban J connectivity index is 1.83. The second-order valence-electron chi connectivity index (χ2n) is 5.35. The van der Waals surface area contributed by atoms with Crippen LogP contribution in [0.5, 0.6) is 0 Å². The highest BCUT2D eigenvalue weighted by Crippen LogP contribution is 2.18. The summed E-state index contributed by atoms with van der Waals surface area (Å²) in [5.41, 5.74) is 1.07. The summed E-state index contributed by atoms with van der Waals surface area (Å²) >= 11 is 0. The first-order valence-electron chi connectivity index (χ1n) is 7.38. The standard InChI is InChI=1S/C16H22N2O3/c1-21-16(20)13-3-2-4-14(11-13)18-15(19)6-5-12-7-9-17-10-8-12/h2-4,11-12,17H,5-10H2,1H3,(H,18,19). The Morgan fingerprint density at radius 2 is 2.10 bits per heavy atom. The number of hydrogen-bond acceptors (Lipinski definition) is 4. The second-order valence-corrected chi connectivity index (χ2v) is 5.35. The second kappa shape index (κ2) is 7.78. The highest BCUT2D eigenvalue weighted by Gasteiger charge is 2.14. The average Bonchev–Trinajstić information content (AvgIpc) is 2.53. The number of hydrogen-bond donors (Lipinski definition) is 2. The first kappa shape index (κ1) is 15.5. The summed E-state index contributed by atoms with van der Waals surface area (Å²) in [6.45, 7) is 2.10. The van der Waals surface area contributed by atoms with Crippen LogP contribution in [0.3, 0.4) is 0 Å². The molecule has 1 amide bonds. The van der Waals surface area contributed by atoms with Crippen molar-refractivity contribution in [3.63, 3.8) is 0 Å². The zero-order chi connectivity index (χ0) is 15.1. The van der Waals surface area contributed by atoms with Gasteiger partial charge < -0.3 is 15.4 Å². The molecule has 5 nitrogen and oxygen atoms in total. The van der Waals surface area contributed by atoms with E-state index in [1.54, 1.807) is 24.3 Å². The van der Waals surface area contributed by atoms with E-state index >= 15 is 0 Å². The van der Waals surface area contributed by atoms with Crippen LogP contribution in [-0.2, 0) is 9.53 Å². The number of ether oxygens (including phenoxy) is 1. The Kier molecular flexibility index (Phi) is 5.75. The van der Waals surface area contributed by atoms with Gasteiger partial charge in [0.05, 0.1) is 12.7 Å². The molecule has 1 aliphatic heterocycles. The lowest BCUT2D eigenvalue weighted by atomic mass is 9.93. The summed E-state index contributed by atoms with van der Waals surface area (Å²) in [7, 11) is 1.34. The molecule has 0 unspecified atom stereocenters. The molecule has 0 spiro atoms. The third-order valence-corrected chi connectivity index (χ3v) is 3.81. The van der Waals surface area contributed by atoms with E-state index in [4.69, 9.17) is 0 Å². The molecular formula is C16H22N2O3. The summed E-state index contributed by atoms with van der Waals surface area (Å²) in [4.78, 5) is 23.4. The minimum Gasteiger partial charge on any atom is -0.465 e. The minimum atomic E-state index is -0.402. The van der Waals surface area contributed by atoms with Gasteiger partial charge in [0.15, 0.2) is 0 Å². The van der Waals surface area contributed by atoms with Gasteiger partial charge in [-0.05, 0) is 56.5 Å². The largest absolute Gasteiger partial charge is 0.465 e. The molecule has 0 radical (unpaired) electrons. The fourth-order valence-corrected chi connectivity index (χ4v) is 2.57. The normalized spacial score (nSPS) is 15.5. The van der Waals surface area contributed by atoms with Crippen LogP contribution in [-0.4, -0.2) is 32.1 Å². The fourth-order valence-electron chi connectivity index (χ4n) is 2.57. The number of anilines is 1. The molecule has 1 heterocycles. The maximum atomic E-state index is 12.0. The molecule has 2 N–H and O–H groups in total. The molecule has 5 heteroatoms. The van der Waals surface area contributed by atoms with Gasteiger partial charge in [-0.25, -0.2) is 4.79 Å². The van der Waals surface area contributed by atoms with Crippen molar-refractivity contribution >= 4 is 17.6 Å². The van der Waals surface area contributed by atoms with Crippen LogP contribution >= 0.6 is 0 Å². The molecule has 1 aromatic rings. The number of amides is 1. The van der Waals surface area contributed by atoms with Crippen molar-refractivity contribution in [2.24, 2.45) is 5.92 Å².